The van der Waals surface area contributed by atoms with E-state index in [1.807, 2.05) is 7.05 Å². The van der Waals surface area contributed by atoms with E-state index in [0.717, 1.165) is 45.3 Å². The summed E-state index contributed by atoms with van der Waals surface area (Å²) >= 11 is 5.87. The zero-order valence-electron chi connectivity index (χ0n) is 16.9. The van der Waals surface area contributed by atoms with E-state index in [0.29, 0.717) is 16.9 Å². The molecule has 0 unspecified atom stereocenters. The van der Waals surface area contributed by atoms with Crippen LogP contribution < -0.4 is 4.74 Å². The summed E-state index contributed by atoms with van der Waals surface area (Å²) in [5.74, 6) is 0.520. The number of carbonyl (C=O) groups excluding carboxylic acids is 1. The lowest BCUT2D eigenvalue weighted by molar-refractivity contribution is 0.00792. The summed E-state index contributed by atoms with van der Waals surface area (Å²) in [6, 6.07) is 7.08. The van der Waals surface area contributed by atoms with Crippen LogP contribution in [0.15, 0.2) is 24.3 Å². The van der Waals surface area contributed by atoms with Crippen LogP contribution in [0, 0.1) is 0 Å². The van der Waals surface area contributed by atoms with Crippen molar-refractivity contribution >= 4 is 17.7 Å². The van der Waals surface area contributed by atoms with Gasteiger partial charge in [0.15, 0.2) is 0 Å². The molecule has 0 bridgehead atoms. The molecule has 0 N–H and O–H groups in total. The average molecular weight is 409 g/mol. The van der Waals surface area contributed by atoms with E-state index in [4.69, 9.17) is 21.1 Å². The molecule has 156 valence electrons. The van der Waals surface area contributed by atoms with Gasteiger partial charge in [0, 0.05) is 31.3 Å². The van der Waals surface area contributed by atoms with Gasteiger partial charge in [0.1, 0.15) is 5.75 Å². The molecule has 28 heavy (non-hydrogen) atoms. The van der Waals surface area contributed by atoms with Crippen LogP contribution in [-0.4, -0.2) is 61.3 Å². The Morgan fingerprint density at radius 3 is 2.46 bits per heavy atom. The molecule has 2 fully saturated rings. The summed E-state index contributed by atoms with van der Waals surface area (Å²) in [6.07, 6.45) is 9.15. The molecule has 1 heterocycles. The quantitative estimate of drug-likeness (QED) is 0.597. The molecule has 3 rings (SSSR count). The lowest BCUT2D eigenvalue weighted by Gasteiger charge is -2.34. The Labute approximate surface area is 173 Å². The van der Waals surface area contributed by atoms with Gasteiger partial charge in [0.25, 0.3) is 0 Å². The molecule has 1 aliphatic heterocycles. The van der Waals surface area contributed by atoms with Gasteiger partial charge in [-0.15, -0.1) is 0 Å². The molecule has 1 amide bonds. The minimum Gasteiger partial charge on any atom is -0.410 e. The van der Waals surface area contributed by atoms with Crippen LogP contribution in [0.3, 0.4) is 0 Å². The number of carbonyl (C=O) groups is 1. The van der Waals surface area contributed by atoms with Crippen molar-refractivity contribution < 1.29 is 14.3 Å². The average Bonchev–Trinajstić information content (AvgIpc) is 2.73. The predicted molar refractivity (Wildman–Crippen MR) is 112 cm³/mol. The summed E-state index contributed by atoms with van der Waals surface area (Å²) in [7, 11) is 1.82. The molecule has 2 aliphatic rings. The number of piperidine rings is 1. The molecule has 0 spiro atoms. The fraction of sp³-hybridized carbons (Fsp3) is 0.682. The number of halogens is 1. The molecule has 6 heteroatoms. The topological polar surface area (TPSA) is 42.0 Å². The standard InChI is InChI=1S/C22H33ClN2O3/c1-24(22(26)28-21-10-6-18(23)7-11-21)19-8-12-20(13-9-19)27-17-5-16-25-14-3-2-4-15-25/h6-7,10-11,19-20H,2-5,8-9,12-17H2,1H3. The summed E-state index contributed by atoms with van der Waals surface area (Å²) in [6.45, 7) is 4.52. The highest BCUT2D eigenvalue weighted by Gasteiger charge is 2.28. The second-order valence-electron chi connectivity index (χ2n) is 7.99. The molecule has 1 aliphatic carbocycles. The van der Waals surface area contributed by atoms with Gasteiger partial charge in [-0.25, -0.2) is 4.79 Å². The lowest BCUT2D eigenvalue weighted by atomic mass is 9.92. The van der Waals surface area contributed by atoms with Crippen molar-refractivity contribution in [3.8, 4) is 5.75 Å². The zero-order valence-corrected chi connectivity index (χ0v) is 17.7. The van der Waals surface area contributed by atoms with Gasteiger partial charge in [0.2, 0.25) is 0 Å². The van der Waals surface area contributed by atoms with E-state index in [9.17, 15) is 4.79 Å². The number of ether oxygens (including phenoxy) is 2. The Bertz CT molecular complexity index is 596. The van der Waals surface area contributed by atoms with Crippen LogP contribution in [-0.2, 0) is 4.74 Å². The maximum atomic E-state index is 12.4. The van der Waals surface area contributed by atoms with Crippen LogP contribution in [0.2, 0.25) is 5.02 Å². The maximum absolute atomic E-state index is 12.4. The van der Waals surface area contributed by atoms with Gasteiger partial charge in [-0.3, -0.25) is 0 Å². The van der Waals surface area contributed by atoms with Gasteiger partial charge in [-0.1, -0.05) is 18.0 Å². The van der Waals surface area contributed by atoms with E-state index in [1.54, 1.807) is 29.2 Å². The highest BCUT2D eigenvalue weighted by Crippen LogP contribution is 2.26. The molecular formula is C22H33ClN2O3. The second kappa shape index (κ2) is 11.0. The van der Waals surface area contributed by atoms with E-state index < -0.39 is 0 Å². The number of rotatable bonds is 7. The molecule has 1 aromatic rings. The Kier molecular flexibility index (Phi) is 8.44. The van der Waals surface area contributed by atoms with Crippen molar-refractivity contribution in [2.75, 3.05) is 33.3 Å². The Morgan fingerprint density at radius 1 is 1.11 bits per heavy atom. The summed E-state index contributed by atoms with van der Waals surface area (Å²) < 4.78 is 11.5. The van der Waals surface area contributed by atoms with E-state index in [1.165, 1.54) is 32.4 Å². The van der Waals surface area contributed by atoms with Crippen molar-refractivity contribution in [1.82, 2.24) is 9.80 Å². The first kappa shape index (κ1) is 21.4. The summed E-state index contributed by atoms with van der Waals surface area (Å²) in [4.78, 5) is 16.7. The summed E-state index contributed by atoms with van der Waals surface area (Å²) in [5, 5.41) is 0.627. The number of likely N-dealkylation sites (tertiary alicyclic amines) is 1. The third kappa shape index (κ3) is 6.64. The van der Waals surface area contributed by atoms with Crippen LogP contribution in [0.1, 0.15) is 51.4 Å². The number of amides is 1. The van der Waals surface area contributed by atoms with Gasteiger partial charge < -0.3 is 19.3 Å². The van der Waals surface area contributed by atoms with Crippen molar-refractivity contribution in [2.45, 2.75) is 63.5 Å². The van der Waals surface area contributed by atoms with Crippen molar-refractivity contribution in [3.63, 3.8) is 0 Å². The number of nitrogens with zero attached hydrogens (tertiary/aromatic N) is 2. The van der Waals surface area contributed by atoms with Crippen LogP contribution >= 0.6 is 11.6 Å². The molecule has 1 saturated carbocycles. The highest BCUT2D eigenvalue weighted by atomic mass is 35.5. The minimum absolute atomic E-state index is 0.216. The smallest absolute Gasteiger partial charge is 0.410 e. The van der Waals surface area contributed by atoms with Crippen LogP contribution in [0.4, 0.5) is 4.79 Å². The number of hydrogen-bond acceptors (Lipinski definition) is 4. The lowest BCUT2D eigenvalue weighted by Crippen LogP contribution is -2.42. The third-order valence-electron chi connectivity index (χ3n) is 5.92. The highest BCUT2D eigenvalue weighted by molar-refractivity contribution is 6.30. The number of benzene rings is 1. The van der Waals surface area contributed by atoms with Crippen molar-refractivity contribution in [3.05, 3.63) is 29.3 Å². The molecule has 1 aromatic carbocycles. The molecular weight excluding hydrogens is 376 g/mol. The van der Waals surface area contributed by atoms with E-state index in [-0.39, 0.29) is 12.1 Å². The van der Waals surface area contributed by atoms with Crippen molar-refractivity contribution in [1.29, 1.82) is 0 Å². The molecule has 0 aromatic heterocycles. The van der Waals surface area contributed by atoms with Gasteiger partial charge in [0.05, 0.1) is 6.10 Å². The first-order valence-corrected chi connectivity index (χ1v) is 11.0. The normalized spacial score (nSPS) is 23.4. The van der Waals surface area contributed by atoms with Crippen LogP contribution in [0.25, 0.3) is 0 Å². The molecule has 0 radical (unpaired) electrons. The molecule has 0 atom stereocenters. The van der Waals surface area contributed by atoms with E-state index in [2.05, 4.69) is 4.90 Å². The molecule has 1 saturated heterocycles. The van der Waals surface area contributed by atoms with Crippen molar-refractivity contribution in [2.24, 2.45) is 0 Å². The molecule has 5 nitrogen and oxygen atoms in total. The fourth-order valence-electron chi connectivity index (χ4n) is 4.14. The SMILES string of the molecule is CN(C(=O)Oc1ccc(Cl)cc1)C1CCC(OCCCN2CCCCC2)CC1. The van der Waals surface area contributed by atoms with E-state index >= 15 is 0 Å². The third-order valence-corrected chi connectivity index (χ3v) is 6.17. The largest absolute Gasteiger partial charge is 0.415 e. The minimum atomic E-state index is -0.312. The maximum Gasteiger partial charge on any atom is 0.415 e. The first-order valence-electron chi connectivity index (χ1n) is 10.7. The zero-order chi connectivity index (χ0) is 19.8. The van der Waals surface area contributed by atoms with Crippen LogP contribution in [0.5, 0.6) is 5.75 Å². The Hall–Kier alpha value is -1.30. The summed E-state index contributed by atoms with van der Waals surface area (Å²) in [5.41, 5.74) is 0. The first-order chi connectivity index (χ1) is 13.6. The Morgan fingerprint density at radius 2 is 1.79 bits per heavy atom. The van der Waals surface area contributed by atoms with Gasteiger partial charge in [-0.05, 0) is 82.3 Å². The fourth-order valence-corrected chi connectivity index (χ4v) is 4.27. The predicted octanol–water partition coefficient (Wildman–Crippen LogP) is 4.97. The Balaban J connectivity index is 1.31. The van der Waals surface area contributed by atoms with Gasteiger partial charge in [-0.2, -0.15) is 0 Å². The number of hydrogen-bond donors (Lipinski definition) is 0. The van der Waals surface area contributed by atoms with Gasteiger partial charge >= 0.3 is 6.09 Å². The monoisotopic (exact) mass is 408 g/mol. The second-order valence-corrected chi connectivity index (χ2v) is 8.43.